The number of ether oxygens (including phenoxy) is 1. The smallest absolute Gasteiger partial charge is 0.339 e. The molecule has 4 nitrogen and oxygen atoms in total. The fraction of sp³-hybridized carbons (Fsp3) is 0.0667. The average Bonchev–Trinajstić information content (AvgIpc) is 2.46. The lowest BCUT2D eigenvalue weighted by atomic mass is 10.1. The first-order valence-corrected chi connectivity index (χ1v) is 6.65. The summed E-state index contributed by atoms with van der Waals surface area (Å²) in [6.45, 7) is -0.169. The van der Waals surface area contributed by atoms with Crippen LogP contribution in [-0.2, 0) is 6.61 Å². The first-order valence-electron chi connectivity index (χ1n) is 5.86. The highest BCUT2D eigenvalue weighted by atomic mass is 79.9. The number of nitriles is 1. The molecule has 0 aromatic heterocycles. The van der Waals surface area contributed by atoms with Crippen molar-refractivity contribution in [3.63, 3.8) is 0 Å². The third-order valence-corrected chi connectivity index (χ3v) is 3.25. The Morgan fingerprint density at radius 2 is 2.14 bits per heavy atom. The SMILES string of the molecule is N#Cc1cccc(COc2cc(Br)ccc2C(=O)O)c1F. The lowest BCUT2D eigenvalue weighted by Gasteiger charge is -2.10. The maximum Gasteiger partial charge on any atom is 0.339 e. The lowest BCUT2D eigenvalue weighted by molar-refractivity contribution is 0.0691. The molecule has 0 saturated carbocycles. The summed E-state index contributed by atoms with van der Waals surface area (Å²) < 4.78 is 19.9. The Labute approximate surface area is 128 Å². The molecule has 0 aliphatic heterocycles. The number of hydrogen-bond acceptors (Lipinski definition) is 3. The Kier molecular flexibility index (Phi) is 4.55. The van der Waals surface area contributed by atoms with E-state index in [9.17, 15) is 9.18 Å². The minimum Gasteiger partial charge on any atom is -0.488 e. The summed E-state index contributed by atoms with van der Waals surface area (Å²) in [5, 5.41) is 17.8. The molecule has 6 heteroatoms. The lowest BCUT2D eigenvalue weighted by Crippen LogP contribution is -2.05. The van der Waals surface area contributed by atoms with Crippen LogP contribution in [0.2, 0.25) is 0 Å². The molecule has 0 aliphatic rings. The number of carboxylic acid groups (broad SMARTS) is 1. The summed E-state index contributed by atoms with van der Waals surface area (Å²) in [6.07, 6.45) is 0. The van der Waals surface area contributed by atoms with E-state index in [1.54, 1.807) is 18.2 Å². The van der Waals surface area contributed by atoms with Gasteiger partial charge in [0.2, 0.25) is 0 Å². The highest BCUT2D eigenvalue weighted by Gasteiger charge is 2.13. The van der Waals surface area contributed by atoms with Crippen molar-refractivity contribution in [3.8, 4) is 11.8 Å². The predicted octanol–water partition coefficient (Wildman–Crippen LogP) is 3.74. The highest BCUT2D eigenvalue weighted by Crippen LogP contribution is 2.25. The molecule has 2 aromatic carbocycles. The van der Waals surface area contributed by atoms with Gasteiger partial charge in [-0.05, 0) is 24.3 Å². The van der Waals surface area contributed by atoms with Gasteiger partial charge in [0.05, 0.1) is 5.56 Å². The average molecular weight is 350 g/mol. The van der Waals surface area contributed by atoms with Gasteiger partial charge in [0.1, 0.15) is 29.8 Å². The molecule has 0 unspecified atom stereocenters. The molecule has 1 N–H and O–H groups in total. The monoisotopic (exact) mass is 349 g/mol. The highest BCUT2D eigenvalue weighted by molar-refractivity contribution is 9.10. The van der Waals surface area contributed by atoms with Crippen LogP contribution in [-0.4, -0.2) is 11.1 Å². The van der Waals surface area contributed by atoms with E-state index in [4.69, 9.17) is 15.1 Å². The van der Waals surface area contributed by atoms with Crippen LogP contribution in [0, 0.1) is 17.1 Å². The van der Waals surface area contributed by atoms with Gasteiger partial charge >= 0.3 is 5.97 Å². The van der Waals surface area contributed by atoms with Crippen LogP contribution in [0.25, 0.3) is 0 Å². The molecule has 0 bridgehead atoms. The van der Waals surface area contributed by atoms with Gasteiger partial charge < -0.3 is 9.84 Å². The third kappa shape index (κ3) is 3.38. The molecule has 21 heavy (non-hydrogen) atoms. The van der Waals surface area contributed by atoms with E-state index in [1.165, 1.54) is 24.3 Å². The van der Waals surface area contributed by atoms with Crippen LogP contribution >= 0.6 is 15.9 Å². The molecule has 0 fully saturated rings. The van der Waals surface area contributed by atoms with E-state index in [-0.39, 0.29) is 29.0 Å². The van der Waals surface area contributed by atoms with Crippen LogP contribution in [0.3, 0.4) is 0 Å². The zero-order valence-corrected chi connectivity index (χ0v) is 12.2. The summed E-state index contributed by atoms with van der Waals surface area (Å²) in [6, 6.07) is 10.6. The van der Waals surface area contributed by atoms with E-state index in [1.807, 2.05) is 0 Å². The van der Waals surface area contributed by atoms with Crippen LogP contribution < -0.4 is 4.74 Å². The summed E-state index contributed by atoms with van der Waals surface area (Å²) >= 11 is 3.22. The minimum atomic E-state index is -1.14. The molecule has 0 atom stereocenters. The summed E-state index contributed by atoms with van der Waals surface area (Å²) in [5.41, 5.74) is 0.0872. The number of aromatic carboxylic acids is 1. The first kappa shape index (κ1) is 15.0. The van der Waals surface area contributed by atoms with Gasteiger partial charge in [0.25, 0.3) is 0 Å². The molecular formula is C15H9BrFNO3. The Balaban J connectivity index is 2.27. The molecule has 106 valence electrons. The zero-order valence-electron chi connectivity index (χ0n) is 10.6. The fourth-order valence-corrected chi connectivity index (χ4v) is 2.07. The molecule has 0 aliphatic carbocycles. The number of nitrogens with zero attached hydrogens (tertiary/aromatic N) is 1. The van der Waals surface area contributed by atoms with E-state index in [2.05, 4.69) is 15.9 Å². The van der Waals surface area contributed by atoms with E-state index in [0.29, 0.717) is 4.47 Å². The number of carbonyl (C=O) groups is 1. The first-order chi connectivity index (χ1) is 10.0. The molecule has 0 heterocycles. The van der Waals surface area contributed by atoms with Crippen molar-refractivity contribution in [1.82, 2.24) is 0 Å². The third-order valence-electron chi connectivity index (χ3n) is 2.76. The van der Waals surface area contributed by atoms with Gasteiger partial charge in [-0.3, -0.25) is 0 Å². The molecular weight excluding hydrogens is 341 g/mol. The molecule has 2 rings (SSSR count). The normalized spacial score (nSPS) is 9.95. The van der Waals surface area contributed by atoms with Gasteiger partial charge in [-0.25, -0.2) is 9.18 Å². The van der Waals surface area contributed by atoms with Crippen molar-refractivity contribution in [1.29, 1.82) is 5.26 Å². The largest absolute Gasteiger partial charge is 0.488 e. The van der Waals surface area contributed by atoms with Crippen molar-refractivity contribution < 1.29 is 19.0 Å². The quantitative estimate of drug-likeness (QED) is 0.912. The van der Waals surface area contributed by atoms with Gasteiger partial charge in [-0.15, -0.1) is 0 Å². The molecule has 0 amide bonds. The Morgan fingerprint density at radius 3 is 2.81 bits per heavy atom. The van der Waals surface area contributed by atoms with Crippen molar-refractivity contribution in [2.75, 3.05) is 0 Å². The number of carboxylic acids is 1. The van der Waals surface area contributed by atoms with Gasteiger partial charge in [0, 0.05) is 10.0 Å². The van der Waals surface area contributed by atoms with Crippen LogP contribution in [0.15, 0.2) is 40.9 Å². The molecule has 2 aromatic rings. The second-order valence-corrected chi connectivity index (χ2v) is 5.04. The summed E-state index contributed by atoms with van der Waals surface area (Å²) in [5.74, 6) is -1.67. The van der Waals surface area contributed by atoms with Crippen LogP contribution in [0.1, 0.15) is 21.5 Å². The van der Waals surface area contributed by atoms with Crippen molar-refractivity contribution in [3.05, 3.63) is 63.4 Å². The second-order valence-electron chi connectivity index (χ2n) is 4.12. The second kappa shape index (κ2) is 6.37. The summed E-state index contributed by atoms with van der Waals surface area (Å²) in [4.78, 5) is 11.1. The van der Waals surface area contributed by atoms with Crippen LogP contribution in [0.4, 0.5) is 4.39 Å². The van der Waals surface area contributed by atoms with E-state index >= 15 is 0 Å². The van der Waals surface area contributed by atoms with Crippen molar-refractivity contribution >= 4 is 21.9 Å². The maximum absolute atomic E-state index is 13.9. The topological polar surface area (TPSA) is 70.3 Å². The predicted molar refractivity (Wildman–Crippen MR) is 76.5 cm³/mol. The number of halogens is 2. The van der Waals surface area contributed by atoms with Gasteiger partial charge in [-0.1, -0.05) is 28.1 Å². The van der Waals surface area contributed by atoms with E-state index < -0.39 is 11.8 Å². The maximum atomic E-state index is 13.9. The Bertz CT molecular complexity index is 740. The fourth-order valence-electron chi connectivity index (χ4n) is 1.73. The molecule has 0 spiro atoms. The van der Waals surface area contributed by atoms with Gasteiger partial charge in [-0.2, -0.15) is 5.26 Å². The van der Waals surface area contributed by atoms with Crippen molar-refractivity contribution in [2.24, 2.45) is 0 Å². The number of rotatable bonds is 4. The minimum absolute atomic E-state index is 0.0185. The van der Waals surface area contributed by atoms with E-state index in [0.717, 1.165) is 0 Å². The zero-order chi connectivity index (χ0) is 15.4. The van der Waals surface area contributed by atoms with Crippen molar-refractivity contribution in [2.45, 2.75) is 6.61 Å². The Hall–Kier alpha value is -2.39. The van der Waals surface area contributed by atoms with Crippen LogP contribution in [0.5, 0.6) is 5.75 Å². The van der Waals surface area contributed by atoms with Gasteiger partial charge in [0.15, 0.2) is 0 Å². The number of hydrogen-bond donors (Lipinski definition) is 1. The number of benzene rings is 2. The Morgan fingerprint density at radius 1 is 1.38 bits per heavy atom. The molecule has 0 radical (unpaired) electrons. The molecule has 0 saturated heterocycles. The standard InChI is InChI=1S/C15H9BrFNO3/c16-11-4-5-12(15(19)20)13(6-11)21-8-10-3-1-2-9(7-18)14(10)17/h1-6H,8H2,(H,19,20). The summed E-state index contributed by atoms with van der Waals surface area (Å²) in [7, 11) is 0.